The summed E-state index contributed by atoms with van der Waals surface area (Å²) in [5.74, 6) is 0.132. The Morgan fingerprint density at radius 2 is 1.24 bits per heavy atom. The normalized spacial score (nSPS) is 10.3. The van der Waals surface area contributed by atoms with Crippen molar-refractivity contribution < 1.29 is 5.11 Å². The van der Waals surface area contributed by atoms with E-state index in [-0.39, 0.29) is 5.75 Å². The summed E-state index contributed by atoms with van der Waals surface area (Å²) in [6, 6.07) is 22.1. The summed E-state index contributed by atoms with van der Waals surface area (Å²) < 4.78 is 0. The second kappa shape index (κ2) is 5.59. The fourth-order valence-corrected chi connectivity index (χ4v) is 2.35. The van der Waals surface area contributed by atoms with Crippen molar-refractivity contribution >= 4 is 5.69 Å². The molecule has 0 amide bonds. The molecule has 0 radical (unpaired) electrons. The zero-order chi connectivity index (χ0) is 14.7. The zero-order valence-electron chi connectivity index (χ0n) is 11.2. The highest BCUT2D eigenvalue weighted by Gasteiger charge is 2.12. The number of hydrogen-bond donors (Lipinski definition) is 1. The Hall–Kier alpha value is -2.94. The first-order chi connectivity index (χ1) is 10.3. The molecule has 0 atom stereocenters. The van der Waals surface area contributed by atoms with Gasteiger partial charge < -0.3 is 5.11 Å². The monoisotopic (exact) mass is 275 g/mol. The minimum atomic E-state index is 0.132. The maximum Gasteiger partial charge on any atom is 0.124 e. The van der Waals surface area contributed by atoms with E-state index in [0.717, 1.165) is 11.1 Å². The van der Waals surface area contributed by atoms with Gasteiger partial charge in [-0.05, 0) is 28.4 Å². The van der Waals surface area contributed by atoms with Crippen molar-refractivity contribution in [3.63, 3.8) is 0 Å². The van der Waals surface area contributed by atoms with Crippen molar-refractivity contribution in [3.8, 4) is 28.0 Å². The molecule has 0 aromatic heterocycles. The maximum absolute atomic E-state index is 11.2. The fourth-order valence-electron chi connectivity index (χ4n) is 2.35. The van der Waals surface area contributed by atoms with Gasteiger partial charge in [-0.1, -0.05) is 60.7 Å². The highest BCUT2D eigenvalue weighted by molar-refractivity contribution is 5.84. The summed E-state index contributed by atoms with van der Waals surface area (Å²) >= 11 is 0. The number of benzene rings is 3. The van der Waals surface area contributed by atoms with E-state index in [1.165, 1.54) is 0 Å². The molecule has 0 aliphatic carbocycles. The maximum atomic E-state index is 11.2. The van der Waals surface area contributed by atoms with Gasteiger partial charge in [0.05, 0.1) is 0 Å². The largest absolute Gasteiger partial charge is 0.507 e. The topological polar surface area (TPSA) is 49.7 Å². The minimum Gasteiger partial charge on any atom is -0.507 e. The Morgan fingerprint density at radius 3 is 1.76 bits per heavy atom. The smallest absolute Gasteiger partial charge is 0.124 e. The molecular formula is C18H13NO2. The molecule has 0 fully saturated rings. The first-order valence-electron chi connectivity index (χ1n) is 6.61. The van der Waals surface area contributed by atoms with E-state index in [9.17, 15) is 10.0 Å². The zero-order valence-corrected chi connectivity index (χ0v) is 11.2. The van der Waals surface area contributed by atoms with Crippen molar-refractivity contribution in [1.29, 1.82) is 0 Å². The van der Waals surface area contributed by atoms with Crippen LogP contribution in [0.1, 0.15) is 0 Å². The molecule has 0 aliphatic rings. The summed E-state index contributed by atoms with van der Waals surface area (Å²) in [6.07, 6.45) is 0. The Balaban J connectivity index is 2.18. The van der Waals surface area contributed by atoms with Gasteiger partial charge in [-0.15, -0.1) is 4.91 Å². The lowest BCUT2D eigenvalue weighted by atomic mass is 9.97. The van der Waals surface area contributed by atoms with E-state index in [2.05, 4.69) is 5.18 Å². The van der Waals surface area contributed by atoms with Crippen LogP contribution in [0.25, 0.3) is 22.3 Å². The Labute approximate surface area is 122 Å². The molecule has 0 heterocycles. The van der Waals surface area contributed by atoms with Crippen LogP contribution in [0.2, 0.25) is 0 Å². The Bertz CT molecular complexity index is 768. The van der Waals surface area contributed by atoms with Crippen LogP contribution >= 0.6 is 0 Å². The lowest BCUT2D eigenvalue weighted by Crippen LogP contribution is -1.83. The van der Waals surface area contributed by atoms with Gasteiger partial charge in [0.2, 0.25) is 0 Å². The number of rotatable bonds is 3. The number of hydrogen-bond acceptors (Lipinski definition) is 3. The van der Waals surface area contributed by atoms with Crippen LogP contribution in [0.3, 0.4) is 0 Å². The van der Waals surface area contributed by atoms with Gasteiger partial charge in [0.25, 0.3) is 0 Å². The summed E-state index contributed by atoms with van der Waals surface area (Å²) in [4.78, 5) is 11.2. The predicted octanol–water partition coefficient (Wildman–Crippen LogP) is 5.12. The molecule has 0 spiro atoms. The second-order valence-electron chi connectivity index (χ2n) is 4.71. The molecule has 0 bridgehead atoms. The summed E-state index contributed by atoms with van der Waals surface area (Å²) in [5, 5.41) is 13.4. The summed E-state index contributed by atoms with van der Waals surface area (Å²) in [7, 11) is 0. The van der Waals surface area contributed by atoms with Crippen LogP contribution in [-0.2, 0) is 0 Å². The fraction of sp³-hybridized carbons (Fsp3) is 0. The molecule has 3 aromatic carbocycles. The van der Waals surface area contributed by atoms with Gasteiger partial charge in [-0.25, -0.2) is 0 Å². The standard InChI is InChI=1S/C18H13NO2/c20-18-12-15(13-7-3-1-4-8-13)17(19-21)11-16(18)14-9-5-2-6-10-14/h1-12,20H. The van der Waals surface area contributed by atoms with Gasteiger partial charge in [-0.3, -0.25) is 0 Å². The van der Waals surface area contributed by atoms with Crippen LogP contribution in [0.5, 0.6) is 5.75 Å². The first kappa shape index (κ1) is 13.1. The van der Waals surface area contributed by atoms with Crippen LogP contribution in [0, 0.1) is 4.91 Å². The van der Waals surface area contributed by atoms with Crippen LogP contribution in [-0.4, -0.2) is 5.11 Å². The average Bonchev–Trinajstić information content (AvgIpc) is 2.56. The molecule has 3 rings (SSSR count). The number of aromatic hydroxyl groups is 1. The van der Waals surface area contributed by atoms with Gasteiger partial charge >= 0.3 is 0 Å². The molecule has 0 saturated heterocycles. The number of phenolic OH excluding ortho intramolecular Hbond substituents is 1. The molecule has 0 unspecified atom stereocenters. The van der Waals surface area contributed by atoms with Crippen molar-refractivity contribution in [3.05, 3.63) is 77.7 Å². The molecule has 21 heavy (non-hydrogen) atoms. The number of nitroso groups, excluding NO2 is 1. The quantitative estimate of drug-likeness (QED) is 0.674. The highest BCUT2D eigenvalue weighted by Crippen LogP contribution is 2.40. The first-order valence-corrected chi connectivity index (χ1v) is 6.61. The molecular weight excluding hydrogens is 262 g/mol. The molecule has 0 aliphatic heterocycles. The van der Waals surface area contributed by atoms with Gasteiger partial charge in [-0.2, -0.15) is 0 Å². The molecule has 3 nitrogen and oxygen atoms in total. The minimum absolute atomic E-state index is 0.132. The predicted molar refractivity (Wildman–Crippen MR) is 84.4 cm³/mol. The van der Waals surface area contributed by atoms with E-state index in [0.29, 0.717) is 16.8 Å². The summed E-state index contributed by atoms with van der Waals surface area (Å²) in [5.41, 5.74) is 3.24. The third-order valence-electron chi connectivity index (χ3n) is 3.38. The SMILES string of the molecule is O=Nc1cc(-c2ccccc2)c(O)cc1-c1ccccc1. The Kier molecular flexibility index (Phi) is 3.48. The highest BCUT2D eigenvalue weighted by atomic mass is 16.3. The molecule has 3 heteroatoms. The lowest BCUT2D eigenvalue weighted by molar-refractivity contribution is 0.477. The molecule has 102 valence electrons. The van der Waals surface area contributed by atoms with Gasteiger partial charge in [0.1, 0.15) is 11.4 Å². The molecule has 1 N–H and O–H groups in total. The number of nitrogens with zero attached hydrogens (tertiary/aromatic N) is 1. The van der Waals surface area contributed by atoms with E-state index in [1.54, 1.807) is 12.1 Å². The van der Waals surface area contributed by atoms with Crippen molar-refractivity contribution in [2.75, 3.05) is 0 Å². The van der Waals surface area contributed by atoms with Crippen LogP contribution in [0.15, 0.2) is 78.0 Å². The van der Waals surface area contributed by atoms with E-state index >= 15 is 0 Å². The third kappa shape index (κ3) is 2.54. The second-order valence-corrected chi connectivity index (χ2v) is 4.71. The van der Waals surface area contributed by atoms with Crippen LogP contribution in [0.4, 0.5) is 5.69 Å². The third-order valence-corrected chi connectivity index (χ3v) is 3.38. The van der Waals surface area contributed by atoms with Gasteiger partial charge in [0, 0.05) is 11.1 Å². The van der Waals surface area contributed by atoms with Crippen molar-refractivity contribution in [2.24, 2.45) is 5.18 Å². The Morgan fingerprint density at radius 1 is 0.714 bits per heavy atom. The molecule has 0 saturated carbocycles. The van der Waals surface area contributed by atoms with Crippen LogP contribution < -0.4 is 0 Å². The van der Waals surface area contributed by atoms with E-state index in [1.807, 2.05) is 60.7 Å². The van der Waals surface area contributed by atoms with Crippen molar-refractivity contribution in [2.45, 2.75) is 0 Å². The lowest BCUT2D eigenvalue weighted by Gasteiger charge is -2.10. The van der Waals surface area contributed by atoms with E-state index < -0.39 is 0 Å². The number of phenols is 1. The van der Waals surface area contributed by atoms with Gasteiger partial charge in [0.15, 0.2) is 0 Å². The molecule has 3 aromatic rings. The summed E-state index contributed by atoms with van der Waals surface area (Å²) in [6.45, 7) is 0. The van der Waals surface area contributed by atoms with E-state index in [4.69, 9.17) is 0 Å². The van der Waals surface area contributed by atoms with Crippen molar-refractivity contribution in [1.82, 2.24) is 0 Å². The average molecular weight is 275 g/mol.